The summed E-state index contributed by atoms with van der Waals surface area (Å²) < 4.78 is 15.5. The van der Waals surface area contributed by atoms with Gasteiger partial charge < -0.3 is 24.5 Å². The van der Waals surface area contributed by atoms with Crippen LogP contribution in [-0.4, -0.2) is 42.5 Å². The Morgan fingerprint density at radius 1 is 1.26 bits per heavy atom. The number of H-pyrrole nitrogens is 1. The Kier molecular flexibility index (Phi) is 7.68. The van der Waals surface area contributed by atoms with E-state index in [0.717, 1.165) is 0 Å². The summed E-state index contributed by atoms with van der Waals surface area (Å²) in [6.45, 7) is 2.11. The van der Waals surface area contributed by atoms with E-state index < -0.39 is 5.25 Å². The van der Waals surface area contributed by atoms with E-state index >= 15 is 0 Å². The molecule has 27 heavy (non-hydrogen) atoms. The summed E-state index contributed by atoms with van der Waals surface area (Å²) in [5, 5.41) is 2.77. The van der Waals surface area contributed by atoms with Crippen LogP contribution in [0.1, 0.15) is 19.0 Å². The van der Waals surface area contributed by atoms with E-state index in [0.29, 0.717) is 34.5 Å². The fraction of sp³-hybridized carbons (Fsp3) is 0.389. The molecule has 2 N–H and O–H groups in total. The third-order valence-electron chi connectivity index (χ3n) is 3.65. The molecule has 1 aromatic carbocycles. The molecule has 8 nitrogen and oxygen atoms in total. The number of ether oxygens (including phenoxy) is 3. The van der Waals surface area contributed by atoms with E-state index in [4.69, 9.17) is 14.2 Å². The van der Waals surface area contributed by atoms with Gasteiger partial charge in [-0.25, -0.2) is 4.98 Å². The molecule has 9 heteroatoms. The summed E-state index contributed by atoms with van der Waals surface area (Å²) in [6.07, 6.45) is 0.543. The van der Waals surface area contributed by atoms with Gasteiger partial charge in [-0.1, -0.05) is 18.7 Å². The van der Waals surface area contributed by atoms with Gasteiger partial charge in [-0.3, -0.25) is 9.59 Å². The molecule has 2 aromatic rings. The number of aromatic nitrogens is 2. The number of carbonyl (C=O) groups excluding carboxylic acids is 1. The number of benzene rings is 1. The minimum absolute atomic E-state index is 0.224. The lowest BCUT2D eigenvalue weighted by Gasteiger charge is -2.16. The summed E-state index contributed by atoms with van der Waals surface area (Å²) in [6, 6.07) is 6.52. The Hall–Kier alpha value is -2.52. The van der Waals surface area contributed by atoms with Crippen LogP contribution in [-0.2, 0) is 16.1 Å². The van der Waals surface area contributed by atoms with Crippen molar-refractivity contribution in [3.63, 3.8) is 0 Å². The second-order valence-electron chi connectivity index (χ2n) is 5.55. The predicted molar refractivity (Wildman–Crippen MR) is 104 cm³/mol. The first kappa shape index (κ1) is 20.8. The van der Waals surface area contributed by atoms with E-state index in [-0.39, 0.29) is 18.1 Å². The smallest absolute Gasteiger partial charge is 0.251 e. The maximum Gasteiger partial charge on any atom is 0.251 e. The first-order chi connectivity index (χ1) is 13.0. The molecule has 0 fully saturated rings. The normalized spacial score (nSPS) is 11.7. The van der Waals surface area contributed by atoms with E-state index in [2.05, 4.69) is 15.3 Å². The predicted octanol–water partition coefficient (Wildman–Crippen LogP) is 2.44. The minimum Gasteiger partial charge on any atom is -0.497 e. The number of amides is 1. The van der Waals surface area contributed by atoms with E-state index in [1.807, 2.05) is 6.92 Å². The standard InChI is InChI=1S/C18H23N3O5S/c1-5-15(27-18-19-11(10-24-2)8-16(22)21-18)17(23)20-13-9-12(25-3)6-7-14(13)26-4/h6-9,15H,5,10H2,1-4H3,(H,20,23)(H,19,21,22). The highest BCUT2D eigenvalue weighted by Crippen LogP contribution is 2.30. The van der Waals surface area contributed by atoms with Crippen molar-refractivity contribution in [3.8, 4) is 11.5 Å². The van der Waals surface area contributed by atoms with Gasteiger partial charge in [0.15, 0.2) is 5.16 Å². The summed E-state index contributed by atoms with van der Waals surface area (Å²) >= 11 is 1.19. The van der Waals surface area contributed by atoms with Crippen LogP contribution >= 0.6 is 11.8 Å². The zero-order chi connectivity index (χ0) is 19.8. The summed E-state index contributed by atoms with van der Waals surface area (Å²) in [5.41, 5.74) is 0.730. The molecule has 1 unspecified atom stereocenters. The number of hydrogen-bond donors (Lipinski definition) is 2. The second-order valence-corrected chi connectivity index (χ2v) is 6.74. The van der Waals surface area contributed by atoms with Gasteiger partial charge in [0, 0.05) is 19.2 Å². The first-order valence-electron chi connectivity index (χ1n) is 8.29. The molecule has 0 aliphatic heterocycles. The Morgan fingerprint density at radius 2 is 2.04 bits per heavy atom. The third kappa shape index (κ3) is 5.73. The van der Waals surface area contributed by atoms with Gasteiger partial charge in [-0.15, -0.1) is 0 Å². The molecule has 1 amide bonds. The Bertz CT molecular complexity index is 840. The average molecular weight is 393 g/mol. The molecule has 2 rings (SSSR count). The molecule has 0 saturated heterocycles. The third-order valence-corrected chi connectivity index (χ3v) is 4.90. The van der Waals surface area contributed by atoms with Crippen LogP contribution in [0.2, 0.25) is 0 Å². The number of nitrogens with one attached hydrogen (secondary N) is 2. The van der Waals surface area contributed by atoms with Crippen LogP contribution in [0.3, 0.4) is 0 Å². The Balaban J connectivity index is 2.18. The number of hydrogen-bond acceptors (Lipinski definition) is 7. The molecule has 1 heterocycles. The van der Waals surface area contributed by atoms with Gasteiger partial charge in [-0.2, -0.15) is 0 Å². The number of carbonyl (C=O) groups is 1. The number of rotatable bonds is 9. The molecule has 0 saturated carbocycles. The van der Waals surface area contributed by atoms with Crippen molar-refractivity contribution in [2.45, 2.75) is 30.4 Å². The monoisotopic (exact) mass is 393 g/mol. The lowest BCUT2D eigenvalue weighted by molar-refractivity contribution is -0.115. The fourth-order valence-corrected chi connectivity index (χ4v) is 3.27. The number of methoxy groups -OCH3 is 3. The van der Waals surface area contributed by atoms with Crippen LogP contribution < -0.4 is 20.3 Å². The highest BCUT2D eigenvalue weighted by molar-refractivity contribution is 8.00. The number of anilines is 1. The molecule has 0 aliphatic rings. The molecule has 0 radical (unpaired) electrons. The van der Waals surface area contributed by atoms with Crippen molar-refractivity contribution in [2.24, 2.45) is 0 Å². The number of thioether (sulfide) groups is 1. The van der Waals surface area contributed by atoms with Crippen molar-refractivity contribution < 1.29 is 19.0 Å². The molecular weight excluding hydrogens is 370 g/mol. The lowest BCUT2D eigenvalue weighted by atomic mass is 10.2. The van der Waals surface area contributed by atoms with E-state index in [1.165, 1.54) is 32.0 Å². The molecule has 1 atom stereocenters. The molecule has 1 aromatic heterocycles. The van der Waals surface area contributed by atoms with Crippen molar-refractivity contribution in [1.82, 2.24) is 9.97 Å². The maximum atomic E-state index is 12.7. The van der Waals surface area contributed by atoms with Crippen LogP contribution in [0.5, 0.6) is 11.5 Å². The largest absolute Gasteiger partial charge is 0.497 e. The number of nitrogens with zero attached hydrogens (tertiary/aromatic N) is 1. The molecule has 0 bridgehead atoms. The van der Waals surface area contributed by atoms with Crippen molar-refractivity contribution in [2.75, 3.05) is 26.6 Å². The summed E-state index contributed by atoms with van der Waals surface area (Å²) in [5.74, 6) is 0.900. The first-order valence-corrected chi connectivity index (χ1v) is 9.17. The van der Waals surface area contributed by atoms with Gasteiger partial charge in [0.1, 0.15) is 11.5 Å². The van der Waals surface area contributed by atoms with Crippen LogP contribution in [0.25, 0.3) is 0 Å². The van der Waals surface area contributed by atoms with Crippen LogP contribution in [0.4, 0.5) is 5.69 Å². The van der Waals surface area contributed by atoms with E-state index in [1.54, 1.807) is 25.3 Å². The maximum absolute atomic E-state index is 12.7. The average Bonchev–Trinajstić information content (AvgIpc) is 2.65. The van der Waals surface area contributed by atoms with Crippen molar-refractivity contribution >= 4 is 23.4 Å². The Labute approximate surface area is 161 Å². The van der Waals surface area contributed by atoms with E-state index in [9.17, 15) is 9.59 Å². The summed E-state index contributed by atoms with van der Waals surface area (Å²) in [4.78, 5) is 31.5. The summed E-state index contributed by atoms with van der Waals surface area (Å²) in [7, 11) is 4.60. The highest BCUT2D eigenvalue weighted by atomic mass is 32.2. The molecular formula is C18H23N3O5S. The van der Waals surface area contributed by atoms with Crippen molar-refractivity contribution in [3.05, 3.63) is 40.3 Å². The Morgan fingerprint density at radius 3 is 2.67 bits per heavy atom. The van der Waals surface area contributed by atoms with Crippen LogP contribution in [0, 0.1) is 0 Å². The highest BCUT2D eigenvalue weighted by Gasteiger charge is 2.21. The quantitative estimate of drug-likeness (QED) is 0.498. The van der Waals surface area contributed by atoms with Crippen LogP contribution in [0.15, 0.2) is 34.2 Å². The van der Waals surface area contributed by atoms with Gasteiger partial charge in [0.2, 0.25) is 5.91 Å². The fourth-order valence-electron chi connectivity index (χ4n) is 2.34. The zero-order valence-corrected chi connectivity index (χ0v) is 16.5. The second kappa shape index (κ2) is 9.98. The van der Waals surface area contributed by atoms with Gasteiger partial charge in [0.05, 0.1) is 37.5 Å². The SMILES string of the molecule is CCC(Sc1nc(COC)cc(=O)[nH]1)C(=O)Nc1cc(OC)ccc1OC. The minimum atomic E-state index is -0.457. The molecule has 0 aliphatic carbocycles. The van der Waals surface area contributed by atoms with Gasteiger partial charge in [0.25, 0.3) is 5.56 Å². The molecule has 0 spiro atoms. The topological polar surface area (TPSA) is 103 Å². The van der Waals surface area contributed by atoms with Gasteiger partial charge >= 0.3 is 0 Å². The molecule has 146 valence electrons. The lowest BCUT2D eigenvalue weighted by Crippen LogP contribution is -2.25. The zero-order valence-electron chi connectivity index (χ0n) is 15.7. The van der Waals surface area contributed by atoms with Crippen molar-refractivity contribution in [1.29, 1.82) is 0 Å². The number of aromatic amines is 1. The van der Waals surface area contributed by atoms with Gasteiger partial charge in [-0.05, 0) is 18.6 Å².